The van der Waals surface area contributed by atoms with Crippen molar-refractivity contribution < 1.29 is 14.4 Å². The number of imide groups is 1. The highest BCUT2D eigenvalue weighted by atomic mass is 16.2. The summed E-state index contributed by atoms with van der Waals surface area (Å²) in [6.07, 6.45) is 1.58. The van der Waals surface area contributed by atoms with Crippen molar-refractivity contribution in [2.75, 3.05) is 0 Å². The fourth-order valence-electron chi connectivity index (χ4n) is 4.42. The maximum Gasteiger partial charge on any atom is 0.262 e. The van der Waals surface area contributed by atoms with Crippen molar-refractivity contribution in [1.29, 1.82) is 0 Å². The van der Waals surface area contributed by atoms with E-state index < -0.39 is 17.9 Å². The van der Waals surface area contributed by atoms with Crippen LogP contribution in [0.3, 0.4) is 0 Å². The zero-order valence-corrected chi connectivity index (χ0v) is 16.1. The number of nitrogens with zero attached hydrogens (tertiary/aromatic N) is 1. The van der Waals surface area contributed by atoms with Crippen LogP contribution in [0.5, 0.6) is 0 Å². The first-order valence-electron chi connectivity index (χ1n) is 9.07. The molecule has 2 heterocycles. The van der Waals surface area contributed by atoms with E-state index >= 15 is 0 Å². The molecule has 0 aromatic heterocycles. The molecule has 1 unspecified atom stereocenters. The van der Waals surface area contributed by atoms with Crippen LogP contribution in [0, 0.1) is 0 Å². The van der Waals surface area contributed by atoms with Gasteiger partial charge in [-0.2, -0.15) is 0 Å². The van der Waals surface area contributed by atoms with Gasteiger partial charge in [0.05, 0.1) is 11.1 Å². The number of carbonyl (C=O) groups excluding carboxylic acids is 3. The van der Waals surface area contributed by atoms with Crippen LogP contribution in [0.2, 0.25) is 0 Å². The van der Waals surface area contributed by atoms with Gasteiger partial charge < -0.3 is 10.6 Å². The molecule has 1 aromatic rings. The monoisotopic (exact) mass is 357 g/mol. The predicted molar refractivity (Wildman–Crippen MR) is 98.9 cm³/mol. The Hall–Kier alpha value is -2.21. The SMILES string of the molecule is CC(C(=O)NC1CC(C)(C)NC(C)(C)C1)N1C(=O)c2ccccc2C1=O. The van der Waals surface area contributed by atoms with E-state index in [2.05, 4.69) is 38.3 Å². The molecule has 2 aliphatic rings. The van der Waals surface area contributed by atoms with Gasteiger partial charge in [0.1, 0.15) is 6.04 Å². The number of hydrogen-bond donors (Lipinski definition) is 2. The molecule has 0 spiro atoms. The number of benzene rings is 1. The van der Waals surface area contributed by atoms with Crippen LogP contribution >= 0.6 is 0 Å². The van der Waals surface area contributed by atoms with Crippen molar-refractivity contribution in [2.24, 2.45) is 0 Å². The van der Waals surface area contributed by atoms with Gasteiger partial charge in [-0.05, 0) is 59.6 Å². The van der Waals surface area contributed by atoms with Crippen LogP contribution in [0.4, 0.5) is 0 Å². The van der Waals surface area contributed by atoms with Crippen LogP contribution in [-0.2, 0) is 4.79 Å². The first kappa shape index (κ1) is 18.6. The van der Waals surface area contributed by atoms with Crippen molar-refractivity contribution in [1.82, 2.24) is 15.5 Å². The van der Waals surface area contributed by atoms with E-state index in [4.69, 9.17) is 0 Å². The van der Waals surface area contributed by atoms with Gasteiger partial charge in [-0.1, -0.05) is 12.1 Å². The number of fused-ring (bicyclic) bond motifs is 1. The van der Waals surface area contributed by atoms with Gasteiger partial charge in [0.2, 0.25) is 5.91 Å². The molecule has 0 bridgehead atoms. The lowest BCUT2D eigenvalue weighted by molar-refractivity contribution is -0.125. The Labute approximate surface area is 154 Å². The normalized spacial score (nSPS) is 22.9. The lowest BCUT2D eigenvalue weighted by Gasteiger charge is -2.46. The van der Waals surface area contributed by atoms with Crippen molar-refractivity contribution in [3.63, 3.8) is 0 Å². The van der Waals surface area contributed by atoms with Gasteiger partial charge in [0.25, 0.3) is 11.8 Å². The van der Waals surface area contributed by atoms with Crippen molar-refractivity contribution in [3.05, 3.63) is 35.4 Å². The standard InChI is InChI=1S/C20H27N3O3/c1-12(23-17(25)14-8-6-7-9-15(14)18(23)26)16(24)21-13-10-19(2,3)22-20(4,5)11-13/h6-9,12-13,22H,10-11H2,1-5H3,(H,21,24). The Kier molecular flexibility index (Phi) is 4.43. The van der Waals surface area contributed by atoms with Gasteiger partial charge in [-0.15, -0.1) is 0 Å². The molecular weight excluding hydrogens is 330 g/mol. The molecule has 0 aliphatic carbocycles. The van der Waals surface area contributed by atoms with E-state index in [-0.39, 0.29) is 23.0 Å². The quantitative estimate of drug-likeness (QED) is 0.812. The molecule has 6 nitrogen and oxygen atoms in total. The zero-order chi connectivity index (χ0) is 19.3. The Morgan fingerprint density at radius 3 is 2.00 bits per heavy atom. The van der Waals surface area contributed by atoms with E-state index in [0.717, 1.165) is 17.7 Å². The Morgan fingerprint density at radius 1 is 1.08 bits per heavy atom. The van der Waals surface area contributed by atoms with Gasteiger partial charge in [-0.25, -0.2) is 0 Å². The van der Waals surface area contributed by atoms with E-state index in [0.29, 0.717) is 11.1 Å². The average molecular weight is 357 g/mol. The third-order valence-electron chi connectivity index (χ3n) is 5.13. The second-order valence-corrected chi connectivity index (χ2v) is 8.71. The molecule has 1 saturated heterocycles. The smallest absolute Gasteiger partial charge is 0.262 e. The summed E-state index contributed by atoms with van der Waals surface area (Å²) in [5.74, 6) is -1.10. The van der Waals surface area contributed by atoms with Crippen molar-refractivity contribution in [2.45, 2.75) is 70.6 Å². The fourth-order valence-corrected chi connectivity index (χ4v) is 4.42. The lowest BCUT2D eigenvalue weighted by Crippen LogP contribution is -2.63. The highest BCUT2D eigenvalue weighted by Gasteiger charge is 2.42. The second kappa shape index (κ2) is 6.20. The van der Waals surface area contributed by atoms with Gasteiger partial charge in [-0.3, -0.25) is 19.3 Å². The number of hydrogen-bond acceptors (Lipinski definition) is 4. The molecule has 3 rings (SSSR count). The number of piperidine rings is 1. The highest BCUT2D eigenvalue weighted by Crippen LogP contribution is 2.29. The van der Waals surface area contributed by atoms with Crippen LogP contribution in [0.15, 0.2) is 24.3 Å². The molecule has 1 fully saturated rings. The minimum absolute atomic E-state index is 0.00798. The summed E-state index contributed by atoms with van der Waals surface area (Å²) in [5, 5.41) is 6.63. The summed E-state index contributed by atoms with van der Waals surface area (Å²) in [4.78, 5) is 39.0. The van der Waals surface area contributed by atoms with Crippen LogP contribution < -0.4 is 10.6 Å². The number of nitrogens with one attached hydrogen (secondary N) is 2. The second-order valence-electron chi connectivity index (χ2n) is 8.71. The van der Waals surface area contributed by atoms with Crippen LogP contribution in [0.25, 0.3) is 0 Å². The minimum Gasteiger partial charge on any atom is -0.351 e. The Morgan fingerprint density at radius 2 is 1.54 bits per heavy atom. The van der Waals surface area contributed by atoms with E-state index in [1.165, 1.54) is 0 Å². The molecule has 1 aromatic carbocycles. The van der Waals surface area contributed by atoms with E-state index in [9.17, 15) is 14.4 Å². The Balaban J connectivity index is 1.73. The summed E-state index contributed by atoms with van der Waals surface area (Å²) in [6, 6.07) is 5.83. The third-order valence-corrected chi connectivity index (χ3v) is 5.13. The first-order chi connectivity index (χ1) is 12.0. The maximum absolute atomic E-state index is 12.8. The number of amides is 3. The summed E-state index contributed by atoms with van der Waals surface area (Å²) >= 11 is 0. The third kappa shape index (κ3) is 3.38. The average Bonchev–Trinajstić information content (AvgIpc) is 2.75. The first-order valence-corrected chi connectivity index (χ1v) is 9.07. The lowest BCUT2D eigenvalue weighted by atomic mass is 9.79. The van der Waals surface area contributed by atoms with Crippen LogP contribution in [0.1, 0.15) is 68.2 Å². The molecule has 2 aliphatic heterocycles. The molecule has 2 N–H and O–H groups in total. The Bertz CT molecular complexity index is 718. The largest absolute Gasteiger partial charge is 0.351 e. The molecule has 0 radical (unpaired) electrons. The maximum atomic E-state index is 12.8. The number of carbonyl (C=O) groups is 3. The molecule has 0 saturated carbocycles. The van der Waals surface area contributed by atoms with Crippen LogP contribution in [-0.4, -0.2) is 45.8 Å². The molecule has 1 atom stereocenters. The molecule has 26 heavy (non-hydrogen) atoms. The molecular formula is C20H27N3O3. The minimum atomic E-state index is -0.844. The van der Waals surface area contributed by atoms with Crippen molar-refractivity contribution >= 4 is 17.7 Å². The molecule has 3 amide bonds. The molecule has 140 valence electrons. The van der Waals surface area contributed by atoms with Gasteiger partial charge in [0.15, 0.2) is 0 Å². The van der Waals surface area contributed by atoms with Crippen molar-refractivity contribution in [3.8, 4) is 0 Å². The van der Waals surface area contributed by atoms with Gasteiger partial charge >= 0.3 is 0 Å². The summed E-state index contributed by atoms with van der Waals surface area (Å²) < 4.78 is 0. The predicted octanol–water partition coefficient (Wildman–Crippen LogP) is 2.10. The summed E-state index contributed by atoms with van der Waals surface area (Å²) in [6.45, 7) is 10.1. The molecule has 6 heteroatoms. The van der Waals surface area contributed by atoms with Gasteiger partial charge in [0, 0.05) is 17.1 Å². The zero-order valence-electron chi connectivity index (χ0n) is 16.1. The summed E-state index contributed by atoms with van der Waals surface area (Å²) in [7, 11) is 0. The van der Waals surface area contributed by atoms with E-state index in [1.807, 2.05) is 0 Å². The number of rotatable bonds is 3. The fraction of sp³-hybridized carbons (Fsp3) is 0.550. The summed E-state index contributed by atoms with van der Waals surface area (Å²) in [5.41, 5.74) is 0.527. The topological polar surface area (TPSA) is 78.5 Å². The van der Waals surface area contributed by atoms with E-state index in [1.54, 1.807) is 31.2 Å². The highest BCUT2D eigenvalue weighted by molar-refractivity contribution is 6.22.